The van der Waals surface area contributed by atoms with E-state index in [0.717, 1.165) is 10.5 Å². The zero-order valence-electron chi connectivity index (χ0n) is 14.4. The standard InChI is InChI=1S/C20H19N3OS/c1-13-6-7-17(15(3)11-13)25-20-16(5-4-9-22-20)19(24)23-18-12-14(2)8-10-21-18/h4-12H,1-3H3,(H,21,23,24). The van der Waals surface area contributed by atoms with Crippen molar-refractivity contribution in [1.82, 2.24) is 9.97 Å². The average Bonchev–Trinajstić information content (AvgIpc) is 2.58. The van der Waals surface area contributed by atoms with Crippen LogP contribution < -0.4 is 5.32 Å². The molecule has 3 aromatic rings. The number of nitrogens with zero attached hydrogens (tertiary/aromatic N) is 2. The molecular formula is C20H19N3OS. The summed E-state index contributed by atoms with van der Waals surface area (Å²) in [5, 5.41) is 3.53. The second kappa shape index (κ2) is 7.49. The van der Waals surface area contributed by atoms with Crippen molar-refractivity contribution in [3.63, 3.8) is 0 Å². The normalized spacial score (nSPS) is 10.5. The van der Waals surface area contributed by atoms with E-state index in [9.17, 15) is 4.79 Å². The highest BCUT2D eigenvalue weighted by molar-refractivity contribution is 7.99. The molecule has 0 aliphatic heterocycles. The van der Waals surface area contributed by atoms with Crippen LogP contribution in [0.5, 0.6) is 0 Å². The summed E-state index contributed by atoms with van der Waals surface area (Å²) in [6.45, 7) is 6.09. The number of carbonyl (C=O) groups excluding carboxylic acids is 1. The van der Waals surface area contributed by atoms with E-state index in [1.807, 2.05) is 19.1 Å². The largest absolute Gasteiger partial charge is 0.306 e. The minimum atomic E-state index is -0.210. The SMILES string of the molecule is Cc1ccnc(NC(=O)c2cccnc2Sc2ccc(C)cc2C)c1. The minimum Gasteiger partial charge on any atom is -0.306 e. The van der Waals surface area contributed by atoms with Gasteiger partial charge < -0.3 is 5.32 Å². The van der Waals surface area contributed by atoms with E-state index < -0.39 is 0 Å². The van der Waals surface area contributed by atoms with Gasteiger partial charge in [-0.15, -0.1) is 0 Å². The van der Waals surface area contributed by atoms with E-state index in [4.69, 9.17) is 0 Å². The van der Waals surface area contributed by atoms with Gasteiger partial charge in [0.25, 0.3) is 5.91 Å². The fourth-order valence-electron chi connectivity index (χ4n) is 2.45. The Morgan fingerprint density at radius 3 is 2.52 bits per heavy atom. The first kappa shape index (κ1) is 17.2. The van der Waals surface area contributed by atoms with Crippen molar-refractivity contribution >= 4 is 23.5 Å². The Kier molecular flexibility index (Phi) is 5.14. The van der Waals surface area contributed by atoms with E-state index in [-0.39, 0.29) is 5.91 Å². The van der Waals surface area contributed by atoms with Gasteiger partial charge in [0, 0.05) is 17.3 Å². The average molecular weight is 349 g/mol. The number of benzene rings is 1. The molecular weight excluding hydrogens is 330 g/mol. The zero-order valence-corrected chi connectivity index (χ0v) is 15.2. The molecule has 126 valence electrons. The number of hydrogen-bond acceptors (Lipinski definition) is 4. The molecule has 1 amide bonds. The smallest absolute Gasteiger partial charge is 0.259 e. The van der Waals surface area contributed by atoms with E-state index in [1.54, 1.807) is 24.5 Å². The van der Waals surface area contributed by atoms with Crippen LogP contribution in [-0.4, -0.2) is 15.9 Å². The highest BCUT2D eigenvalue weighted by Gasteiger charge is 2.15. The molecule has 2 heterocycles. The molecule has 25 heavy (non-hydrogen) atoms. The van der Waals surface area contributed by atoms with Crippen molar-refractivity contribution in [3.05, 3.63) is 77.1 Å². The molecule has 0 fully saturated rings. The summed E-state index contributed by atoms with van der Waals surface area (Å²) in [6.07, 6.45) is 3.38. The lowest BCUT2D eigenvalue weighted by molar-refractivity contribution is 0.102. The number of nitrogens with one attached hydrogen (secondary N) is 1. The first-order chi connectivity index (χ1) is 12.0. The fraction of sp³-hybridized carbons (Fsp3) is 0.150. The molecule has 4 nitrogen and oxygen atoms in total. The van der Waals surface area contributed by atoms with Crippen molar-refractivity contribution < 1.29 is 4.79 Å². The van der Waals surface area contributed by atoms with Gasteiger partial charge in [0.2, 0.25) is 0 Å². The van der Waals surface area contributed by atoms with Crippen LogP contribution in [-0.2, 0) is 0 Å². The van der Waals surface area contributed by atoms with Crippen molar-refractivity contribution in [2.75, 3.05) is 5.32 Å². The van der Waals surface area contributed by atoms with Gasteiger partial charge in [0.1, 0.15) is 10.8 Å². The van der Waals surface area contributed by atoms with Gasteiger partial charge in [-0.05, 0) is 62.2 Å². The quantitative estimate of drug-likeness (QED) is 0.735. The summed E-state index contributed by atoms with van der Waals surface area (Å²) in [5.41, 5.74) is 3.96. The maximum atomic E-state index is 12.7. The molecule has 5 heteroatoms. The highest BCUT2D eigenvalue weighted by atomic mass is 32.2. The predicted octanol–water partition coefficient (Wildman–Crippen LogP) is 4.81. The molecule has 1 aromatic carbocycles. The molecule has 0 radical (unpaired) electrons. The van der Waals surface area contributed by atoms with Gasteiger partial charge in [-0.1, -0.05) is 29.5 Å². The Hall–Kier alpha value is -2.66. The van der Waals surface area contributed by atoms with Gasteiger partial charge in [0.05, 0.1) is 5.56 Å². The van der Waals surface area contributed by atoms with Crippen LogP contribution in [0, 0.1) is 20.8 Å². The summed E-state index contributed by atoms with van der Waals surface area (Å²) in [6, 6.07) is 13.5. The number of carbonyl (C=O) groups is 1. The zero-order chi connectivity index (χ0) is 17.8. The number of anilines is 1. The molecule has 0 aliphatic rings. The fourth-order valence-corrected chi connectivity index (χ4v) is 3.40. The van der Waals surface area contributed by atoms with Crippen LogP contribution in [0.3, 0.4) is 0 Å². The third kappa shape index (κ3) is 4.25. The second-order valence-corrected chi connectivity index (χ2v) is 6.93. The summed E-state index contributed by atoms with van der Waals surface area (Å²) in [4.78, 5) is 22.3. The van der Waals surface area contributed by atoms with Crippen molar-refractivity contribution in [2.45, 2.75) is 30.7 Å². The van der Waals surface area contributed by atoms with Gasteiger partial charge in [-0.2, -0.15) is 0 Å². The summed E-state index contributed by atoms with van der Waals surface area (Å²) >= 11 is 1.50. The Bertz CT molecular complexity index is 924. The lowest BCUT2D eigenvalue weighted by atomic mass is 10.2. The van der Waals surface area contributed by atoms with Crippen LogP contribution in [0.1, 0.15) is 27.0 Å². The number of amides is 1. The lowest BCUT2D eigenvalue weighted by Crippen LogP contribution is -2.14. The Morgan fingerprint density at radius 1 is 0.960 bits per heavy atom. The van der Waals surface area contributed by atoms with Gasteiger partial charge >= 0.3 is 0 Å². The van der Waals surface area contributed by atoms with E-state index in [1.165, 1.54) is 22.9 Å². The van der Waals surface area contributed by atoms with Crippen molar-refractivity contribution in [2.24, 2.45) is 0 Å². The molecule has 0 saturated carbocycles. The predicted molar refractivity (Wildman–Crippen MR) is 101 cm³/mol. The molecule has 0 bridgehead atoms. The lowest BCUT2D eigenvalue weighted by Gasteiger charge is -2.10. The number of rotatable bonds is 4. The summed E-state index contributed by atoms with van der Waals surface area (Å²) in [7, 11) is 0. The first-order valence-electron chi connectivity index (χ1n) is 7.97. The van der Waals surface area contributed by atoms with Crippen LogP contribution in [0.4, 0.5) is 5.82 Å². The van der Waals surface area contributed by atoms with Gasteiger partial charge in [-0.3, -0.25) is 4.79 Å². The van der Waals surface area contributed by atoms with Gasteiger partial charge in [0.15, 0.2) is 0 Å². The third-order valence-electron chi connectivity index (χ3n) is 3.71. The monoisotopic (exact) mass is 349 g/mol. The van der Waals surface area contributed by atoms with Crippen LogP contribution >= 0.6 is 11.8 Å². The first-order valence-corrected chi connectivity index (χ1v) is 8.79. The molecule has 0 aliphatic carbocycles. The van der Waals surface area contributed by atoms with Crippen LogP contribution in [0.15, 0.2) is 64.8 Å². The number of aromatic nitrogens is 2. The van der Waals surface area contributed by atoms with Crippen molar-refractivity contribution in [1.29, 1.82) is 0 Å². The van der Waals surface area contributed by atoms with Crippen molar-refractivity contribution in [3.8, 4) is 0 Å². The maximum absolute atomic E-state index is 12.7. The van der Waals surface area contributed by atoms with Crippen LogP contribution in [0.25, 0.3) is 0 Å². The molecule has 1 N–H and O–H groups in total. The topological polar surface area (TPSA) is 54.9 Å². The summed E-state index contributed by atoms with van der Waals surface area (Å²) in [5.74, 6) is 0.329. The molecule has 0 spiro atoms. The highest BCUT2D eigenvalue weighted by Crippen LogP contribution is 2.31. The molecule has 0 saturated heterocycles. The second-order valence-electron chi connectivity index (χ2n) is 5.90. The van der Waals surface area contributed by atoms with E-state index >= 15 is 0 Å². The van der Waals surface area contributed by atoms with Crippen LogP contribution in [0.2, 0.25) is 0 Å². The molecule has 0 atom stereocenters. The molecule has 2 aromatic heterocycles. The third-order valence-corrected chi connectivity index (χ3v) is 4.91. The number of aryl methyl sites for hydroxylation is 3. The van der Waals surface area contributed by atoms with Gasteiger partial charge in [-0.25, -0.2) is 9.97 Å². The Labute approximate surface area is 151 Å². The van der Waals surface area contributed by atoms with E-state index in [0.29, 0.717) is 16.4 Å². The number of hydrogen-bond donors (Lipinski definition) is 1. The number of pyridine rings is 2. The van der Waals surface area contributed by atoms with E-state index in [2.05, 4.69) is 47.3 Å². The minimum absolute atomic E-state index is 0.210. The Balaban J connectivity index is 1.86. The molecule has 3 rings (SSSR count). The molecule has 0 unspecified atom stereocenters. The summed E-state index contributed by atoms with van der Waals surface area (Å²) < 4.78 is 0. The Morgan fingerprint density at radius 2 is 1.76 bits per heavy atom. The maximum Gasteiger partial charge on any atom is 0.259 e.